The summed E-state index contributed by atoms with van der Waals surface area (Å²) in [5.74, 6) is 0.941. The van der Waals surface area contributed by atoms with Crippen molar-refractivity contribution in [1.29, 1.82) is 0 Å². The minimum Gasteiger partial charge on any atom is -0.392 e. The molecule has 39 heavy (non-hydrogen) atoms. The molecule has 1 unspecified atom stereocenters. The fraction of sp³-hybridized carbons (Fsp3) is 0.321. The summed E-state index contributed by atoms with van der Waals surface area (Å²) in [5, 5.41) is 29.0. The lowest BCUT2D eigenvalue weighted by Crippen LogP contribution is -2.34. The van der Waals surface area contributed by atoms with E-state index in [2.05, 4.69) is 15.4 Å². The van der Waals surface area contributed by atoms with Gasteiger partial charge in [-0.25, -0.2) is 4.98 Å². The Bertz CT molecular complexity index is 1690. The van der Waals surface area contributed by atoms with E-state index in [1.54, 1.807) is 48.4 Å². The highest BCUT2D eigenvalue weighted by atomic mass is 16.5. The van der Waals surface area contributed by atoms with Crippen molar-refractivity contribution in [2.24, 2.45) is 7.05 Å². The monoisotopic (exact) mass is 529 g/mol. The van der Waals surface area contributed by atoms with Crippen LogP contribution < -0.4 is 10.9 Å². The quantitative estimate of drug-likeness (QED) is 0.332. The first-order valence-electron chi connectivity index (χ1n) is 12.9. The number of anilines is 1. The van der Waals surface area contributed by atoms with Gasteiger partial charge in [0.25, 0.3) is 5.56 Å². The molecular weight excluding hydrogens is 498 g/mol. The van der Waals surface area contributed by atoms with Gasteiger partial charge in [0, 0.05) is 68.9 Å². The summed E-state index contributed by atoms with van der Waals surface area (Å²) in [7, 11) is 5.22. The Labute approximate surface area is 224 Å². The summed E-state index contributed by atoms with van der Waals surface area (Å²) in [6, 6.07) is 5.63. The molecule has 0 radical (unpaired) electrons. The van der Waals surface area contributed by atoms with Crippen LogP contribution in [0.2, 0.25) is 0 Å². The van der Waals surface area contributed by atoms with Gasteiger partial charge in [0.05, 0.1) is 24.6 Å². The van der Waals surface area contributed by atoms with E-state index in [1.165, 1.54) is 15.8 Å². The van der Waals surface area contributed by atoms with Gasteiger partial charge in [0.1, 0.15) is 11.3 Å². The summed E-state index contributed by atoms with van der Waals surface area (Å²) in [4.78, 5) is 19.7. The molecule has 0 saturated heterocycles. The topological polar surface area (TPSA) is 122 Å². The number of rotatable bonds is 7. The zero-order valence-corrected chi connectivity index (χ0v) is 22.1. The molecule has 0 fully saturated rings. The number of fused-ring (bicyclic) bond motifs is 3. The summed E-state index contributed by atoms with van der Waals surface area (Å²) in [6.45, 7) is 0.0863. The number of pyridine rings is 1. The lowest BCUT2D eigenvalue weighted by molar-refractivity contribution is 0.0878. The third kappa shape index (κ3) is 4.24. The van der Waals surface area contributed by atoms with E-state index in [1.807, 2.05) is 35.9 Å². The number of nitrogens with zero attached hydrogens (tertiary/aromatic N) is 6. The highest BCUT2D eigenvalue weighted by Crippen LogP contribution is 2.31. The number of aliphatic hydroxyl groups excluding tert-OH is 2. The Balaban J connectivity index is 1.40. The minimum atomic E-state index is -0.929. The van der Waals surface area contributed by atoms with Crippen LogP contribution in [0.4, 0.5) is 5.82 Å². The normalized spacial score (nSPS) is 16.9. The van der Waals surface area contributed by atoms with E-state index in [0.717, 1.165) is 30.5 Å². The molecule has 202 valence electrons. The molecular formula is C28H31N7O4. The molecule has 11 heteroatoms. The van der Waals surface area contributed by atoms with Gasteiger partial charge >= 0.3 is 0 Å². The van der Waals surface area contributed by atoms with Gasteiger partial charge in [0.2, 0.25) is 0 Å². The van der Waals surface area contributed by atoms with Gasteiger partial charge < -0.3 is 29.6 Å². The maximum Gasteiger partial charge on any atom is 0.280 e. The number of allylic oxidation sites excluding steroid dienone is 2. The van der Waals surface area contributed by atoms with Crippen LogP contribution in [0.3, 0.4) is 0 Å². The molecule has 4 aromatic heterocycles. The number of likely N-dealkylation sites (N-methyl/N-ethyl adjacent to an activating group) is 1. The predicted molar refractivity (Wildman–Crippen MR) is 146 cm³/mol. The number of aliphatic hydroxyl groups is 2. The maximum absolute atomic E-state index is 13.5. The van der Waals surface area contributed by atoms with Crippen LogP contribution >= 0.6 is 0 Å². The third-order valence-electron chi connectivity index (χ3n) is 7.48. The Morgan fingerprint density at radius 1 is 1.21 bits per heavy atom. The molecule has 3 N–H and O–H groups in total. The second kappa shape index (κ2) is 9.84. The Morgan fingerprint density at radius 2 is 2.05 bits per heavy atom. The summed E-state index contributed by atoms with van der Waals surface area (Å²) >= 11 is 0. The van der Waals surface area contributed by atoms with Crippen molar-refractivity contribution in [2.45, 2.75) is 38.7 Å². The first-order valence-corrected chi connectivity index (χ1v) is 12.9. The van der Waals surface area contributed by atoms with E-state index in [4.69, 9.17) is 4.74 Å². The Kier molecular flexibility index (Phi) is 6.34. The summed E-state index contributed by atoms with van der Waals surface area (Å²) < 4.78 is 10.4. The van der Waals surface area contributed by atoms with Gasteiger partial charge in [-0.3, -0.25) is 14.0 Å². The van der Waals surface area contributed by atoms with Crippen LogP contribution in [0.1, 0.15) is 34.5 Å². The number of hydrogen-bond acceptors (Lipinski definition) is 8. The maximum atomic E-state index is 13.5. The highest BCUT2D eigenvalue weighted by Gasteiger charge is 2.25. The van der Waals surface area contributed by atoms with Crippen LogP contribution in [-0.4, -0.2) is 59.2 Å². The second-order valence-electron chi connectivity index (χ2n) is 9.94. The molecule has 0 amide bonds. The highest BCUT2D eigenvalue weighted by molar-refractivity contribution is 5.79. The first-order chi connectivity index (χ1) is 18.9. The van der Waals surface area contributed by atoms with Crippen molar-refractivity contribution < 1.29 is 14.9 Å². The number of nitrogens with one attached hydrogen (secondary N) is 1. The number of ether oxygens (including phenoxy) is 1. The van der Waals surface area contributed by atoms with Crippen molar-refractivity contribution in [2.75, 3.05) is 19.5 Å². The Hall–Kier alpha value is -4.19. The number of aromatic nitrogens is 5. The van der Waals surface area contributed by atoms with E-state index < -0.39 is 6.23 Å². The van der Waals surface area contributed by atoms with Gasteiger partial charge in [-0.1, -0.05) is 0 Å². The predicted octanol–water partition coefficient (Wildman–Crippen LogP) is 1.95. The lowest BCUT2D eigenvalue weighted by atomic mass is 9.98. The molecule has 2 aliphatic rings. The smallest absolute Gasteiger partial charge is 0.280 e. The van der Waals surface area contributed by atoms with Crippen molar-refractivity contribution in [3.63, 3.8) is 0 Å². The van der Waals surface area contributed by atoms with Crippen LogP contribution in [0.5, 0.6) is 0 Å². The molecule has 4 aromatic rings. The molecule has 0 spiro atoms. The molecule has 0 aromatic carbocycles. The lowest BCUT2D eigenvalue weighted by Gasteiger charge is -2.30. The molecule has 1 aliphatic heterocycles. The fourth-order valence-corrected chi connectivity index (χ4v) is 5.54. The van der Waals surface area contributed by atoms with Crippen molar-refractivity contribution >= 4 is 16.9 Å². The zero-order valence-electron chi connectivity index (χ0n) is 22.1. The minimum absolute atomic E-state index is 0.184. The number of hydrogen-bond donors (Lipinski definition) is 3. The van der Waals surface area contributed by atoms with Crippen LogP contribution in [0.25, 0.3) is 16.9 Å². The number of aryl methyl sites for hydroxylation is 3. The molecule has 0 bridgehead atoms. The van der Waals surface area contributed by atoms with Crippen LogP contribution in [0.15, 0.2) is 59.6 Å². The summed E-state index contributed by atoms with van der Waals surface area (Å²) in [5.41, 5.74) is 6.18. The largest absolute Gasteiger partial charge is 0.392 e. The molecule has 1 aliphatic carbocycles. The SMILES string of the molecule is COCc1cc(NC2=CC(c3ccnc(-n4ccn5c6c(cc5c4=O)CCC6)c3CO)=CN(C)C2O)nn1C. The number of methoxy groups -OCH3 is 1. The zero-order chi connectivity index (χ0) is 27.3. The average Bonchev–Trinajstić information content (AvgIpc) is 3.62. The van der Waals surface area contributed by atoms with E-state index in [0.29, 0.717) is 40.6 Å². The van der Waals surface area contributed by atoms with Crippen molar-refractivity contribution in [3.8, 4) is 5.82 Å². The van der Waals surface area contributed by atoms with E-state index >= 15 is 0 Å². The molecule has 11 nitrogen and oxygen atoms in total. The van der Waals surface area contributed by atoms with E-state index in [9.17, 15) is 15.0 Å². The average molecular weight is 530 g/mol. The fourth-order valence-electron chi connectivity index (χ4n) is 5.54. The van der Waals surface area contributed by atoms with Gasteiger partial charge in [-0.15, -0.1) is 0 Å². The molecule has 1 atom stereocenters. The third-order valence-corrected chi connectivity index (χ3v) is 7.48. The Morgan fingerprint density at radius 3 is 2.85 bits per heavy atom. The standard InChI is InChI=1S/C28H31N7O4/c1-32-14-18(11-22(27(32)37)30-25-13-19(16-39-3)33(2)31-25)20-7-8-29-26(21(20)15-36)35-10-9-34-23-6-4-5-17(23)12-24(34)28(35)38/h7-14,27,36-37H,4-6,15-16H2,1-3H3,(H,30,31). The van der Waals surface area contributed by atoms with Gasteiger partial charge in [-0.05, 0) is 48.6 Å². The van der Waals surface area contributed by atoms with Gasteiger partial charge in [0.15, 0.2) is 12.0 Å². The molecule has 0 saturated carbocycles. The van der Waals surface area contributed by atoms with Crippen LogP contribution in [0, 0.1) is 0 Å². The molecule has 6 rings (SSSR count). The van der Waals surface area contributed by atoms with Gasteiger partial charge in [-0.2, -0.15) is 5.10 Å². The van der Waals surface area contributed by atoms with Crippen LogP contribution in [-0.2, 0) is 37.8 Å². The second-order valence-corrected chi connectivity index (χ2v) is 9.94. The first kappa shape index (κ1) is 25.1. The van der Waals surface area contributed by atoms with Crippen molar-refractivity contribution in [3.05, 3.63) is 93.2 Å². The van der Waals surface area contributed by atoms with Crippen molar-refractivity contribution in [1.82, 2.24) is 28.6 Å². The molecule has 5 heterocycles. The summed E-state index contributed by atoms with van der Waals surface area (Å²) in [6.07, 6.45) is 11.0. The van der Waals surface area contributed by atoms with E-state index in [-0.39, 0.29) is 12.2 Å².